The normalized spacial score (nSPS) is 16.6. The van der Waals surface area contributed by atoms with Crippen LogP contribution in [0.25, 0.3) is 11.0 Å². The summed E-state index contributed by atoms with van der Waals surface area (Å²) in [7, 11) is 0. The van der Waals surface area contributed by atoms with Gasteiger partial charge >= 0.3 is 6.03 Å². The molecule has 6 heteroatoms. The van der Waals surface area contributed by atoms with E-state index >= 15 is 0 Å². The Labute approximate surface area is 180 Å². The molecule has 0 spiro atoms. The fraction of sp³-hybridized carbons (Fsp3) is 0.167. The van der Waals surface area contributed by atoms with Gasteiger partial charge in [0.2, 0.25) is 5.95 Å². The highest BCUT2D eigenvalue weighted by atomic mass is 35.5. The number of hydrogen-bond donors (Lipinski definition) is 0. The average molecular weight is 417 g/mol. The molecule has 1 atom stereocenters. The SMILES string of the molecule is O=C1N(c2ccccc2)CC(CCCl)N(c2ccccc2)c2nc3ccccc3n21. The van der Waals surface area contributed by atoms with Crippen LogP contribution in [0.15, 0.2) is 84.9 Å². The summed E-state index contributed by atoms with van der Waals surface area (Å²) in [6, 6.07) is 27.5. The lowest BCUT2D eigenvalue weighted by Gasteiger charge is -2.31. The summed E-state index contributed by atoms with van der Waals surface area (Å²) in [5.74, 6) is 1.12. The number of imidazole rings is 1. The number of aromatic nitrogens is 2. The van der Waals surface area contributed by atoms with Crippen LogP contribution in [-0.4, -0.2) is 34.0 Å². The Morgan fingerprint density at radius 3 is 2.20 bits per heavy atom. The molecule has 0 radical (unpaired) electrons. The van der Waals surface area contributed by atoms with Crippen molar-refractivity contribution in [1.82, 2.24) is 9.55 Å². The summed E-state index contributed by atoms with van der Waals surface area (Å²) >= 11 is 6.22. The first-order valence-electron chi connectivity index (χ1n) is 10.0. The molecule has 5 nitrogen and oxygen atoms in total. The van der Waals surface area contributed by atoms with Crippen LogP contribution in [-0.2, 0) is 0 Å². The summed E-state index contributed by atoms with van der Waals surface area (Å²) < 4.78 is 1.73. The number of halogens is 1. The second-order valence-corrected chi connectivity index (χ2v) is 7.68. The van der Waals surface area contributed by atoms with E-state index in [-0.39, 0.29) is 12.1 Å². The molecule has 5 rings (SSSR count). The Morgan fingerprint density at radius 1 is 0.867 bits per heavy atom. The Kier molecular flexibility index (Phi) is 4.89. The van der Waals surface area contributed by atoms with Gasteiger partial charge in [0.1, 0.15) is 0 Å². The molecule has 1 unspecified atom stereocenters. The van der Waals surface area contributed by atoms with Crippen molar-refractivity contribution in [3.8, 4) is 0 Å². The first kappa shape index (κ1) is 18.7. The van der Waals surface area contributed by atoms with Crippen molar-refractivity contribution in [3.05, 3.63) is 84.9 Å². The van der Waals surface area contributed by atoms with Crippen LogP contribution in [0.1, 0.15) is 6.42 Å². The van der Waals surface area contributed by atoms with Gasteiger partial charge in [0.05, 0.1) is 17.1 Å². The summed E-state index contributed by atoms with van der Waals surface area (Å²) in [6.07, 6.45) is 0.719. The highest BCUT2D eigenvalue weighted by Crippen LogP contribution is 2.35. The molecule has 1 amide bonds. The molecule has 2 heterocycles. The van der Waals surface area contributed by atoms with E-state index in [1.807, 2.05) is 89.8 Å². The maximum absolute atomic E-state index is 13.8. The van der Waals surface area contributed by atoms with Crippen molar-refractivity contribution in [2.24, 2.45) is 0 Å². The van der Waals surface area contributed by atoms with Crippen molar-refractivity contribution in [2.45, 2.75) is 12.5 Å². The first-order valence-corrected chi connectivity index (χ1v) is 10.6. The molecule has 3 aromatic carbocycles. The van der Waals surface area contributed by atoms with Gasteiger partial charge in [-0.15, -0.1) is 11.6 Å². The number of alkyl halides is 1. The smallest absolute Gasteiger partial charge is 0.307 e. The fourth-order valence-corrected chi connectivity index (χ4v) is 4.35. The van der Waals surface area contributed by atoms with Gasteiger partial charge in [0, 0.05) is 23.8 Å². The lowest BCUT2D eigenvalue weighted by molar-refractivity contribution is 0.249. The summed E-state index contributed by atoms with van der Waals surface area (Å²) in [6.45, 7) is 0.516. The molecule has 0 bridgehead atoms. The molecule has 0 fully saturated rings. The summed E-state index contributed by atoms with van der Waals surface area (Å²) in [5, 5.41) is 0. The van der Waals surface area contributed by atoms with Crippen LogP contribution in [0, 0.1) is 0 Å². The molecule has 0 aliphatic carbocycles. The Bertz CT molecular complexity index is 1180. The third-order valence-corrected chi connectivity index (χ3v) is 5.70. The minimum Gasteiger partial charge on any atom is -0.307 e. The van der Waals surface area contributed by atoms with E-state index in [2.05, 4.69) is 4.90 Å². The number of anilines is 3. The molecule has 30 heavy (non-hydrogen) atoms. The number of nitrogens with zero attached hydrogens (tertiary/aromatic N) is 4. The highest BCUT2D eigenvalue weighted by Gasteiger charge is 2.36. The van der Waals surface area contributed by atoms with Gasteiger partial charge in [-0.2, -0.15) is 0 Å². The first-order chi connectivity index (χ1) is 14.8. The van der Waals surface area contributed by atoms with Crippen molar-refractivity contribution in [1.29, 1.82) is 0 Å². The van der Waals surface area contributed by atoms with Gasteiger partial charge in [-0.25, -0.2) is 14.3 Å². The second kappa shape index (κ2) is 7.84. The zero-order chi connectivity index (χ0) is 20.5. The van der Waals surface area contributed by atoms with Crippen LogP contribution in [0.5, 0.6) is 0 Å². The number of para-hydroxylation sites is 4. The fourth-order valence-electron chi connectivity index (χ4n) is 4.10. The van der Waals surface area contributed by atoms with Gasteiger partial charge in [-0.3, -0.25) is 4.90 Å². The van der Waals surface area contributed by atoms with Gasteiger partial charge in [-0.1, -0.05) is 48.5 Å². The third-order valence-electron chi connectivity index (χ3n) is 5.48. The van der Waals surface area contributed by atoms with Gasteiger partial charge in [-0.05, 0) is 42.8 Å². The van der Waals surface area contributed by atoms with E-state index < -0.39 is 0 Å². The number of amides is 1. The highest BCUT2D eigenvalue weighted by molar-refractivity contribution is 6.17. The number of benzene rings is 3. The second-order valence-electron chi connectivity index (χ2n) is 7.30. The van der Waals surface area contributed by atoms with E-state index in [9.17, 15) is 4.79 Å². The number of carbonyl (C=O) groups is 1. The van der Waals surface area contributed by atoms with E-state index in [0.717, 1.165) is 28.8 Å². The molecule has 4 aromatic rings. The molecule has 0 saturated carbocycles. The zero-order valence-corrected chi connectivity index (χ0v) is 17.1. The quantitative estimate of drug-likeness (QED) is 0.403. The van der Waals surface area contributed by atoms with Crippen LogP contribution in [0.3, 0.4) is 0 Å². The number of carbonyl (C=O) groups excluding carboxylic acids is 1. The van der Waals surface area contributed by atoms with Gasteiger partial charge in [0.25, 0.3) is 0 Å². The largest absolute Gasteiger partial charge is 0.336 e. The van der Waals surface area contributed by atoms with Crippen LogP contribution < -0.4 is 9.80 Å². The Hall–Kier alpha value is -3.31. The number of rotatable bonds is 4. The Morgan fingerprint density at radius 2 is 1.50 bits per heavy atom. The van der Waals surface area contributed by atoms with Crippen molar-refractivity contribution in [2.75, 3.05) is 22.2 Å². The predicted octanol–water partition coefficient (Wildman–Crippen LogP) is 5.66. The average Bonchev–Trinajstić information content (AvgIpc) is 3.12. The topological polar surface area (TPSA) is 41.4 Å². The predicted molar refractivity (Wildman–Crippen MR) is 122 cm³/mol. The summed E-state index contributed by atoms with van der Waals surface area (Å²) in [5.41, 5.74) is 3.44. The minimum atomic E-state index is -0.108. The molecule has 0 saturated heterocycles. The minimum absolute atomic E-state index is 0.0212. The molecule has 0 N–H and O–H groups in total. The maximum Gasteiger partial charge on any atom is 0.336 e. The molecule has 1 aliphatic rings. The van der Waals surface area contributed by atoms with Gasteiger partial charge in [0.15, 0.2) is 0 Å². The van der Waals surface area contributed by atoms with Crippen molar-refractivity contribution >= 4 is 46.0 Å². The monoisotopic (exact) mass is 416 g/mol. The lowest BCUT2D eigenvalue weighted by atomic mass is 10.1. The van der Waals surface area contributed by atoms with Gasteiger partial charge < -0.3 is 4.90 Å². The maximum atomic E-state index is 13.8. The molecule has 1 aromatic heterocycles. The summed E-state index contributed by atoms with van der Waals surface area (Å²) in [4.78, 5) is 22.7. The van der Waals surface area contributed by atoms with E-state index in [1.54, 1.807) is 4.57 Å². The zero-order valence-electron chi connectivity index (χ0n) is 16.4. The number of hydrogen-bond acceptors (Lipinski definition) is 3. The molecular weight excluding hydrogens is 396 g/mol. The molecular formula is C24H21ClN4O. The number of fused-ring (bicyclic) bond motifs is 3. The van der Waals surface area contributed by atoms with E-state index in [4.69, 9.17) is 16.6 Å². The standard InChI is InChI=1S/C24H21ClN4O/c25-16-15-20-17-27(18-9-3-1-4-10-18)24(30)29-22-14-8-7-13-21(22)26-23(29)28(20)19-11-5-2-6-12-19/h1-14,20H,15-17H2. The molecule has 1 aliphatic heterocycles. The molecule has 150 valence electrons. The van der Waals surface area contributed by atoms with E-state index in [1.165, 1.54) is 0 Å². The van der Waals surface area contributed by atoms with E-state index in [0.29, 0.717) is 18.4 Å². The Balaban J connectivity index is 1.77. The van der Waals surface area contributed by atoms with Crippen LogP contribution in [0.2, 0.25) is 0 Å². The lowest BCUT2D eigenvalue weighted by Crippen LogP contribution is -2.42. The van der Waals surface area contributed by atoms with Crippen molar-refractivity contribution in [3.63, 3.8) is 0 Å². The van der Waals surface area contributed by atoms with Crippen LogP contribution >= 0.6 is 11.6 Å². The third kappa shape index (κ3) is 3.12. The van der Waals surface area contributed by atoms with Crippen molar-refractivity contribution < 1.29 is 4.79 Å². The van der Waals surface area contributed by atoms with Crippen LogP contribution in [0.4, 0.5) is 22.1 Å².